The molecular formula is C22H18N4O. The number of benzene rings is 2. The molecule has 4 rings (SSSR count). The minimum Gasteiger partial charge on any atom is -0.340 e. The SMILES string of the molecule is N#CC1=C2C=Cc3ccccc3N2CCC/C1=N/NC(=O)c1ccccc1. The standard InChI is InChI=1S/C22H18N4O/c23-15-18-19(24-25-22(27)17-8-2-1-3-9-17)10-6-14-26-20-11-5-4-7-16(20)12-13-21(18)26/h1-5,7-9,11-13H,6,10,14H2,(H,25,27)/b24-19-. The van der Waals surface area contributed by atoms with Crippen LogP contribution in [0.1, 0.15) is 28.8 Å². The molecule has 0 fully saturated rings. The molecule has 0 atom stereocenters. The zero-order valence-corrected chi connectivity index (χ0v) is 14.7. The highest BCUT2D eigenvalue weighted by Crippen LogP contribution is 2.34. The van der Waals surface area contributed by atoms with Crippen molar-refractivity contribution in [1.29, 1.82) is 5.26 Å². The number of allylic oxidation sites excluding steroid dienone is 2. The first-order valence-corrected chi connectivity index (χ1v) is 8.89. The second kappa shape index (κ2) is 7.30. The number of hydrogen-bond donors (Lipinski definition) is 1. The lowest BCUT2D eigenvalue weighted by atomic mass is 10.0. The van der Waals surface area contributed by atoms with Crippen LogP contribution in [0.25, 0.3) is 6.08 Å². The fraction of sp³-hybridized carbons (Fsp3) is 0.136. The molecule has 0 aromatic heterocycles. The monoisotopic (exact) mass is 354 g/mol. The Balaban J connectivity index is 1.68. The van der Waals surface area contributed by atoms with Crippen LogP contribution in [-0.2, 0) is 0 Å². The number of nitrogens with zero attached hydrogens (tertiary/aromatic N) is 3. The molecule has 2 aliphatic heterocycles. The van der Waals surface area contributed by atoms with Gasteiger partial charge in [0.25, 0.3) is 5.91 Å². The summed E-state index contributed by atoms with van der Waals surface area (Å²) in [7, 11) is 0. The van der Waals surface area contributed by atoms with Gasteiger partial charge < -0.3 is 4.90 Å². The van der Waals surface area contributed by atoms with Crippen LogP contribution in [0.2, 0.25) is 0 Å². The largest absolute Gasteiger partial charge is 0.340 e. The lowest BCUT2D eigenvalue weighted by Gasteiger charge is -2.29. The zero-order chi connectivity index (χ0) is 18.6. The third-order valence-corrected chi connectivity index (χ3v) is 4.72. The summed E-state index contributed by atoms with van der Waals surface area (Å²) in [6, 6.07) is 19.4. The fourth-order valence-electron chi connectivity index (χ4n) is 3.41. The molecule has 132 valence electrons. The van der Waals surface area contributed by atoms with E-state index in [1.54, 1.807) is 24.3 Å². The maximum atomic E-state index is 12.3. The van der Waals surface area contributed by atoms with Gasteiger partial charge in [0, 0.05) is 17.8 Å². The van der Waals surface area contributed by atoms with Gasteiger partial charge in [-0.1, -0.05) is 42.5 Å². The Labute approximate surface area is 157 Å². The Bertz CT molecular complexity index is 1010. The van der Waals surface area contributed by atoms with Crippen LogP contribution in [-0.4, -0.2) is 18.2 Å². The van der Waals surface area contributed by atoms with Crippen molar-refractivity contribution in [2.24, 2.45) is 5.10 Å². The molecule has 2 aromatic carbocycles. The van der Waals surface area contributed by atoms with Crippen molar-refractivity contribution < 1.29 is 4.79 Å². The maximum absolute atomic E-state index is 12.3. The number of anilines is 1. The Hall–Kier alpha value is -3.65. The van der Waals surface area contributed by atoms with Crippen molar-refractivity contribution in [1.82, 2.24) is 5.43 Å². The summed E-state index contributed by atoms with van der Waals surface area (Å²) < 4.78 is 0. The molecule has 0 aliphatic carbocycles. The Kier molecular flexibility index (Phi) is 4.54. The summed E-state index contributed by atoms with van der Waals surface area (Å²) >= 11 is 0. The Morgan fingerprint density at radius 1 is 1.07 bits per heavy atom. The van der Waals surface area contributed by atoms with Crippen molar-refractivity contribution in [3.8, 4) is 6.07 Å². The van der Waals surface area contributed by atoms with Gasteiger partial charge in [0.1, 0.15) is 6.07 Å². The number of amides is 1. The molecule has 27 heavy (non-hydrogen) atoms. The third-order valence-electron chi connectivity index (χ3n) is 4.72. The number of para-hydroxylation sites is 1. The molecule has 2 aromatic rings. The van der Waals surface area contributed by atoms with Gasteiger partial charge in [-0.15, -0.1) is 0 Å². The molecule has 0 radical (unpaired) electrons. The van der Waals surface area contributed by atoms with Crippen LogP contribution in [0.5, 0.6) is 0 Å². The van der Waals surface area contributed by atoms with E-state index in [2.05, 4.69) is 33.6 Å². The summed E-state index contributed by atoms with van der Waals surface area (Å²) in [6.45, 7) is 0.799. The lowest BCUT2D eigenvalue weighted by molar-refractivity contribution is 0.0955. The van der Waals surface area contributed by atoms with Crippen molar-refractivity contribution >= 4 is 23.4 Å². The van der Waals surface area contributed by atoms with Crippen molar-refractivity contribution in [3.05, 3.63) is 83.1 Å². The molecule has 0 unspecified atom stereocenters. The van der Waals surface area contributed by atoms with Crippen LogP contribution in [0.3, 0.4) is 0 Å². The van der Waals surface area contributed by atoms with Gasteiger partial charge in [0.15, 0.2) is 0 Å². The molecule has 5 nitrogen and oxygen atoms in total. The van der Waals surface area contributed by atoms with Gasteiger partial charge >= 0.3 is 0 Å². The number of fused-ring (bicyclic) bond motifs is 3. The highest BCUT2D eigenvalue weighted by Gasteiger charge is 2.26. The predicted molar refractivity (Wildman–Crippen MR) is 106 cm³/mol. The van der Waals surface area contributed by atoms with Crippen molar-refractivity contribution in [2.75, 3.05) is 11.4 Å². The van der Waals surface area contributed by atoms with Crippen LogP contribution in [0, 0.1) is 11.3 Å². The molecule has 2 heterocycles. The number of rotatable bonds is 2. The molecule has 1 N–H and O–H groups in total. The first-order valence-electron chi connectivity index (χ1n) is 8.89. The number of nitriles is 1. The van der Waals surface area contributed by atoms with E-state index < -0.39 is 0 Å². The van der Waals surface area contributed by atoms with Gasteiger partial charge in [0.05, 0.1) is 17.0 Å². The van der Waals surface area contributed by atoms with Gasteiger partial charge in [-0.25, -0.2) is 5.43 Å². The van der Waals surface area contributed by atoms with E-state index in [4.69, 9.17) is 0 Å². The van der Waals surface area contributed by atoms with E-state index in [1.807, 2.05) is 30.4 Å². The van der Waals surface area contributed by atoms with Crippen molar-refractivity contribution in [2.45, 2.75) is 12.8 Å². The quantitative estimate of drug-likeness (QED) is 0.832. The number of carbonyl (C=O) groups excluding carboxylic acids is 1. The maximum Gasteiger partial charge on any atom is 0.271 e. The predicted octanol–water partition coefficient (Wildman–Crippen LogP) is 3.88. The second-order valence-electron chi connectivity index (χ2n) is 6.38. The molecule has 1 amide bonds. The van der Waals surface area contributed by atoms with E-state index in [1.165, 1.54) is 0 Å². The number of nitrogens with one attached hydrogen (secondary N) is 1. The van der Waals surface area contributed by atoms with E-state index in [0.29, 0.717) is 23.3 Å². The van der Waals surface area contributed by atoms with Crippen molar-refractivity contribution in [3.63, 3.8) is 0 Å². The van der Waals surface area contributed by atoms with Crippen LogP contribution >= 0.6 is 0 Å². The minimum absolute atomic E-state index is 0.281. The van der Waals surface area contributed by atoms with Gasteiger partial charge in [0.2, 0.25) is 0 Å². The normalized spacial score (nSPS) is 17.0. The Morgan fingerprint density at radius 2 is 1.85 bits per heavy atom. The number of hydrogen-bond acceptors (Lipinski definition) is 4. The van der Waals surface area contributed by atoms with E-state index in [0.717, 1.165) is 29.9 Å². The molecule has 5 heteroatoms. The fourth-order valence-corrected chi connectivity index (χ4v) is 3.41. The number of carbonyl (C=O) groups is 1. The molecule has 0 spiro atoms. The smallest absolute Gasteiger partial charge is 0.271 e. The topological polar surface area (TPSA) is 68.5 Å². The Morgan fingerprint density at radius 3 is 2.67 bits per heavy atom. The zero-order valence-electron chi connectivity index (χ0n) is 14.7. The highest BCUT2D eigenvalue weighted by atomic mass is 16.2. The van der Waals surface area contributed by atoms with Crippen LogP contribution < -0.4 is 10.3 Å². The molecule has 0 saturated heterocycles. The number of hydrazone groups is 1. The van der Waals surface area contributed by atoms with Gasteiger partial charge in [-0.05, 0) is 42.7 Å². The summed E-state index contributed by atoms with van der Waals surface area (Å²) in [6.07, 6.45) is 5.45. The first-order chi connectivity index (χ1) is 13.3. The summed E-state index contributed by atoms with van der Waals surface area (Å²) in [4.78, 5) is 14.4. The van der Waals surface area contributed by atoms with Gasteiger partial charge in [-0.2, -0.15) is 10.4 Å². The van der Waals surface area contributed by atoms with E-state index in [-0.39, 0.29) is 5.91 Å². The first kappa shape index (κ1) is 16.8. The average Bonchev–Trinajstić information content (AvgIpc) is 2.91. The van der Waals surface area contributed by atoms with Crippen LogP contribution in [0.15, 0.2) is 77.0 Å². The summed E-state index contributed by atoms with van der Waals surface area (Å²) in [5.41, 5.74) is 7.32. The molecule has 2 aliphatic rings. The lowest BCUT2D eigenvalue weighted by Crippen LogP contribution is -2.25. The third kappa shape index (κ3) is 3.25. The second-order valence-corrected chi connectivity index (χ2v) is 6.38. The summed E-state index contributed by atoms with van der Waals surface area (Å²) in [5, 5.41) is 14.1. The van der Waals surface area contributed by atoms with E-state index in [9.17, 15) is 10.1 Å². The molecule has 0 bridgehead atoms. The van der Waals surface area contributed by atoms with E-state index >= 15 is 0 Å². The molecule has 0 saturated carbocycles. The highest BCUT2D eigenvalue weighted by molar-refractivity contribution is 6.07. The minimum atomic E-state index is -0.281. The average molecular weight is 354 g/mol. The van der Waals surface area contributed by atoms with Gasteiger partial charge in [-0.3, -0.25) is 4.79 Å². The van der Waals surface area contributed by atoms with Crippen LogP contribution in [0.4, 0.5) is 5.69 Å². The summed E-state index contributed by atoms with van der Waals surface area (Å²) in [5.74, 6) is -0.281. The molecular weight excluding hydrogens is 336 g/mol.